The van der Waals surface area contributed by atoms with E-state index in [1.54, 1.807) is 34.9 Å². The zero-order chi connectivity index (χ0) is 14.7. The van der Waals surface area contributed by atoms with Gasteiger partial charge in [-0.15, -0.1) is 22.7 Å². The predicted octanol–water partition coefficient (Wildman–Crippen LogP) is 3.33. The average Bonchev–Trinajstić information content (AvgIpc) is 3.19. The summed E-state index contributed by atoms with van der Waals surface area (Å²) in [5, 5.41) is 12.7. The molecule has 3 heterocycles. The molecule has 0 spiro atoms. The SMILES string of the molecule is O=C(NCCc1nccs1)c1cc(-c2ccc(Br)s2)[nH]n1. The highest BCUT2D eigenvalue weighted by Crippen LogP contribution is 2.30. The fourth-order valence-corrected chi connectivity index (χ4v) is 3.75. The first kappa shape index (κ1) is 14.4. The minimum absolute atomic E-state index is 0.176. The fourth-order valence-electron chi connectivity index (χ4n) is 1.77. The van der Waals surface area contributed by atoms with Crippen molar-refractivity contribution in [2.24, 2.45) is 0 Å². The van der Waals surface area contributed by atoms with Crippen LogP contribution < -0.4 is 5.32 Å². The number of aromatic nitrogens is 3. The maximum absolute atomic E-state index is 12.0. The van der Waals surface area contributed by atoms with Crippen LogP contribution in [0.3, 0.4) is 0 Å². The molecule has 0 bridgehead atoms. The fraction of sp³-hybridized carbons (Fsp3) is 0.154. The summed E-state index contributed by atoms with van der Waals surface area (Å²) in [6.45, 7) is 0.555. The molecule has 3 aromatic rings. The van der Waals surface area contributed by atoms with Crippen molar-refractivity contribution in [1.29, 1.82) is 0 Å². The Bertz CT molecular complexity index is 735. The summed E-state index contributed by atoms with van der Waals surface area (Å²) in [5.74, 6) is -0.176. The van der Waals surface area contributed by atoms with Crippen LogP contribution in [0, 0.1) is 0 Å². The first-order chi connectivity index (χ1) is 10.2. The van der Waals surface area contributed by atoms with Gasteiger partial charge in [-0.1, -0.05) is 0 Å². The molecule has 8 heteroatoms. The van der Waals surface area contributed by atoms with E-state index in [0.717, 1.165) is 25.8 Å². The lowest BCUT2D eigenvalue weighted by atomic mass is 10.3. The van der Waals surface area contributed by atoms with Gasteiger partial charge in [-0.05, 0) is 34.1 Å². The van der Waals surface area contributed by atoms with Gasteiger partial charge in [0.2, 0.25) is 0 Å². The van der Waals surface area contributed by atoms with Crippen LogP contribution in [-0.4, -0.2) is 27.6 Å². The summed E-state index contributed by atoms with van der Waals surface area (Å²) >= 11 is 6.59. The number of rotatable bonds is 5. The van der Waals surface area contributed by atoms with E-state index in [-0.39, 0.29) is 5.91 Å². The molecule has 3 aromatic heterocycles. The van der Waals surface area contributed by atoms with Crippen molar-refractivity contribution < 1.29 is 4.79 Å². The second-order valence-corrected chi connectivity index (χ2v) is 7.64. The second kappa shape index (κ2) is 6.50. The number of carbonyl (C=O) groups is 1. The van der Waals surface area contributed by atoms with E-state index < -0.39 is 0 Å². The van der Waals surface area contributed by atoms with Crippen LogP contribution in [0.4, 0.5) is 0 Å². The van der Waals surface area contributed by atoms with Crippen molar-refractivity contribution in [3.05, 3.63) is 44.3 Å². The largest absolute Gasteiger partial charge is 0.350 e. The molecule has 0 saturated carbocycles. The number of nitrogens with zero attached hydrogens (tertiary/aromatic N) is 2. The summed E-state index contributed by atoms with van der Waals surface area (Å²) in [7, 11) is 0. The lowest BCUT2D eigenvalue weighted by molar-refractivity contribution is 0.0949. The van der Waals surface area contributed by atoms with E-state index >= 15 is 0 Å². The van der Waals surface area contributed by atoms with Crippen LogP contribution in [0.5, 0.6) is 0 Å². The summed E-state index contributed by atoms with van der Waals surface area (Å²) in [6, 6.07) is 5.71. The van der Waals surface area contributed by atoms with Crippen LogP contribution in [0.2, 0.25) is 0 Å². The highest BCUT2D eigenvalue weighted by molar-refractivity contribution is 9.11. The number of halogens is 1. The lowest BCUT2D eigenvalue weighted by Gasteiger charge is -2.00. The maximum atomic E-state index is 12.0. The molecule has 0 aliphatic heterocycles. The maximum Gasteiger partial charge on any atom is 0.271 e. The van der Waals surface area contributed by atoms with E-state index in [1.807, 2.05) is 17.5 Å². The van der Waals surface area contributed by atoms with Gasteiger partial charge in [0.25, 0.3) is 5.91 Å². The van der Waals surface area contributed by atoms with Gasteiger partial charge in [-0.2, -0.15) is 5.10 Å². The number of thiophene rings is 1. The van der Waals surface area contributed by atoms with E-state index in [1.165, 1.54) is 0 Å². The Hall–Kier alpha value is -1.51. The van der Waals surface area contributed by atoms with E-state index in [0.29, 0.717) is 12.2 Å². The Labute approximate surface area is 137 Å². The number of amides is 1. The molecule has 0 atom stereocenters. The van der Waals surface area contributed by atoms with Gasteiger partial charge in [0.1, 0.15) is 0 Å². The molecule has 0 saturated heterocycles. The minimum Gasteiger partial charge on any atom is -0.350 e. The minimum atomic E-state index is -0.176. The van der Waals surface area contributed by atoms with Gasteiger partial charge < -0.3 is 5.32 Å². The van der Waals surface area contributed by atoms with Crippen molar-refractivity contribution in [3.8, 4) is 10.6 Å². The monoisotopic (exact) mass is 382 g/mol. The van der Waals surface area contributed by atoms with Crippen LogP contribution in [0.25, 0.3) is 10.6 Å². The van der Waals surface area contributed by atoms with Gasteiger partial charge in [-0.25, -0.2) is 4.98 Å². The van der Waals surface area contributed by atoms with Crippen molar-refractivity contribution in [2.75, 3.05) is 6.54 Å². The van der Waals surface area contributed by atoms with Gasteiger partial charge in [0.15, 0.2) is 5.69 Å². The Morgan fingerprint density at radius 2 is 2.33 bits per heavy atom. The predicted molar refractivity (Wildman–Crippen MR) is 87.8 cm³/mol. The van der Waals surface area contributed by atoms with Crippen molar-refractivity contribution in [2.45, 2.75) is 6.42 Å². The molecule has 3 rings (SSSR count). The van der Waals surface area contributed by atoms with Gasteiger partial charge in [-0.3, -0.25) is 9.89 Å². The summed E-state index contributed by atoms with van der Waals surface area (Å²) in [4.78, 5) is 17.2. The van der Waals surface area contributed by atoms with Gasteiger partial charge in [0.05, 0.1) is 19.4 Å². The molecule has 1 amide bonds. The van der Waals surface area contributed by atoms with Gasteiger partial charge >= 0.3 is 0 Å². The van der Waals surface area contributed by atoms with Crippen molar-refractivity contribution in [3.63, 3.8) is 0 Å². The molecule has 5 nitrogen and oxygen atoms in total. The number of hydrogen-bond acceptors (Lipinski definition) is 5. The van der Waals surface area contributed by atoms with Crippen molar-refractivity contribution >= 4 is 44.5 Å². The third-order valence-corrected chi connectivity index (χ3v) is 5.25. The zero-order valence-electron chi connectivity index (χ0n) is 10.8. The Morgan fingerprint density at radius 3 is 3.05 bits per heavy atom. The molecule has 0 radical (unpaired) electrons. The number of H-pyrrole nitrogens is 1. The molecule has 0 aromatic carbocycles. The Balaban J connectivity index is 1.59. The van der Waals surface area contributed by atoms with E-state index in [9.17, 15) is 4.79 Å². The number of nitrogens with one attached hydrogen (secondary N) is 2. The Kier molecular flexibility index (Phi) is 4.47. The molecular formula is C13H11BrN4OS2. The average molecular weight is 383 g/mol. The highest BCUT2D eigenvalue weighted by Gasteiger charge is 2.12. The molecule has 0 fully saturated rings. The molecule has 108 valence electrons. The summed E-state index contributed by atoms with van der Waals surface area (Å²) < 4.78 is 1.04. The van der Waals surface area contributed by atoms with E-state index in [2.05, 4.69) is 36.4 Å². The number of hydrogen-bond donors (Lipinski definition) is 2. The molecule has 2 N–H and O–H groups in total. The van der Waals surface area contributed by atoms with Gasteiger partial charge in [0, 0.05) is 24.5 Å². The quantitative estimate of drug-likeness (QED) is 0.710. The first-order valence-corrected chi connectivity index (χ1v) is 8.69. The lowest BCUT2D eigenvalue weighted by Crippen LogP contribution is -2.25. The molecular weight excluding hydrogens is 372 g/mol. The zero-order valence-corrected chi connectivity index (χ0v) is 14.0. The summed E-state index contributed by atoms with van der Waals surface area (Å²) in [6.07, 6.45) is 2.50. The van der Waals surface area contributed by atoms with Crippen LogP contribution in [-0.2, 0) is 6.42 Å². The normalized spacial score (nSPS) is 10.7. The smallest absolute Gasteiger partial charge is 0.271 e. The number of carbonyl (C=O) groups excluding carboxylic acids is 1. The Morgan fingerprint density at radius 1 is 1.43 bits per heavy atom. The van der Waals surface area contributed by atoms with Crippen LogP contribution in [0.15, 0.2) is 33.6 Å². The third kappa shape index (κ3) is 3.58. The highest BCUT2D eigenvalue weighted by atomic mass is 79.9. The topological polar surface area (TPSA) is 70.7 Å². The molecule has 0 aliphatic rings. The number of aromatic amines is 1. The standard InChI is InChI=1S/C13H11BrN4OS2/c14-11-2-1-10(21-11)8-7-9(18-17-8)13(19)16-4-3-12-15-5-6-20-12/h1-2,5-7H,3-4H2,(H,16,19)(H,17,18). The summed E-state index contributed by atoms with van der Waals surface area (Å²) in [5.41, 5.74) is 1.24. The molecule has 21 heavy (non-hydrogen) atoms. The third-order valence-electron chi connectivity index (χ3n) is 2.76. The first-order valence-electron chi connectivity index (χ1n) is 6.20. The second-order valence-electron chi connectivity index (χ2n) is 4.20. The number of thiazole rings is 1. The van der Waals surface area contributed by atoms with Crippen molar-refractivity contribution in [1.82, 2.24) is 20.5 Å². The molecule has 0 aliphatic carbocycles. The van der Waals surface area contributed by atoms with Crippen LogP contribution in [0.1, 0.15) is 15.5 Å². The van der Waals surface area contributed by atoms with E-state index in [4.69, 9.17) is 0 Å². The molecule has 0 unspecified atom stereocenters. The van der Waals surface area contributed by atoms with Crippen LogP contribution >= 0.6 is 38.6 Å².